The van der Waals surface area contributed by atoms with Crippen molar-refractivity contribution in [3.05, 3.63) is 131 Å². The molecule has 1 saturated heterocycles. The summed E-state index contributed by atoms with van der Waals surface area (Å²) in [6.45, 7) is 1.55. The molecule has 2 aliphatic heterocycles. The van der Waals surface area contributed by atoms with Crippen LogP contribution in [-0.2, 0) is 22.6 Å². The van der Waals surface area contributed by atoms with Gasteiger partial charge in [0, 0.05) is 12.1 Å². The molecule has 4 aromatic rings. The lowest BCUT2D eigenvalue weighted by Crippen LogP contribution is -2.31. The summed E-state index contributed by atoms with van der Waals surface area (Å²) >= 11 is 0. The fourth-order valence-corrected chi connectivity index (χ4v) is 5.18. The van der Waals surface area contributed by atoms with Crippen LogP contribution < -0.4 is 14.2 Å². The first-order valence-electron chi connectivity index (χ1n) is 13.6. The third-order valence-electron chi connectivity index (χ3n) is 7.28. The van der Waals surface area contributed by atoms with E-state index in [2.05, 4.69) is 0 Å². The van der Waals surface area contributed by atoms with E-state index in [0.29, 0.717) is 61.2 Å². The van der Waals surface area contributed by atoms with Crippen LogP contribution in [0.25, 0.3) is 5.76 Å². The first-order valence-corrected chi connectivity index (χ1v) is 13.6. The lowest BCUT2D eigenvalue weighted by atomic mass is 9.95. The van der Waals surface area contributed by atoms with E-state index in [0.717, 1.165) is 11.1 Å². The molecule has 7 nitrogen and oxygen atoms in total. The Morgan fingerprint density at radius 3 is 2.17 bits per heavy atom. The number of Topliss-reactive ketones (excluding diaryl/α,β-unsaturated/α-hetero) is 1. The van der Waals surface area contributed by atoms with Gasteiger partial charge in [-0.3, -0.25) is 9.59 Å². The topological polar surface area (TPSA) is 85.3 Å². The molecule has 0 aliphatic carbocycles. The average molecular weight is 548 g/mol. The molecule has 2 aliphatic rings. The van der Waals surface area contributed by atoms with Crippen LogP contribution in [0.2, 0.25) is 0 Å². The normalized spacial score (nSPS) is 17.5. The zero-order chi connectivity index (χ0) is 28.2. The molecule has 1 amide bonds. The van der Waals surface area contributed by atoms with Crippen molar-refractivity contribution in [2.45, 2.75) is 19.1 Å². The van der Waals surface area contributed by atoms with E-state index >= 15 is 0 Å². The van der Waals surface area contributed by atoms with Crippen molar-refractivity contribution in [2.75, 3.05) is 19.8 Å². The number of carbonyl (C=O) groups excluding carboxylic acids is 2. The summed E-state index contributed by atoms with van der Waals surface area (Å²) in [7, 11) is 0. The lowest BCUT2D eigenvalue weighted by Gasteiger charge is -2.26. The maximum atomic E-state index is 13.5. The number of carbonyl (C=O) groups is 2. The highest BCUT2D eigenvalue weighted by Crippen LogP contribution is 2.41. The van der Waals surface area contributed by atoms with Crippen molar-refractivity contribution in [2.24, 2.45) is 0 Å². The highest BCUT2D eigenvalue weighted by molar-refractivity contribution is 6.46. The summed E-state index contributed by atoms with van der Waals surface area (Å²) in [6.07, 6.45) is 0.562. The monoisotopic (exact) mass is 547 g/mol. The summed E-state index contributed by atoms with van der Waals surface area (Å²) in [5.74, 6) is 0.0886. The minimum atomic E-state index is -0.768. The third-order valence-corrected chi connectivity index (χ3v) is 7.28. The molecule has 1 N–H and O–H groups in total. The SMILES string of the molecule is O=C1C(=O)N(CCc2ccccc2)[C@@H](c2ccc(OCc3ccccc3)cc2)/C1=C(\O)c1ccc2c(c1)OCCO2. The number of aliphatic hydroxyl groups is 1. The second-order valence-electron chi connectivity index (χ2n) is 9.93. The Hall–Kier alpha value is -5.04. The Morgan fingerprint density at radius 1 is 0.805 bits per heavy atom. The smallest absolute Gasteiger partial charge is 0.295 e. The van der Waals surface area contributed by atoms with Gasteiger partial charge in [0.05, 0.1) is 11.6 Å². The van der Waals surface area contributed by atoms with E-state index in [9.17, 15) is 14.7 Å². The van der Waals surface area contributed by atoms with Crippen LogP contribution in [0.4, 0.5) is 0 Å². The highest BCUT2D eigenvalue weighted by Gasteiger charge is 2.46. The second kappa shape index (κ2) is 11.6. The third kappa shape index (κ3) is 5.52. The maximum Gasteiger partial charge on any atom is 0.295 e. The van der Waals surface area contributed by atoms with Gasteiger partial charge in [0.25, 0.3) is 11.7 Å². The minimum absolute atomic E-state index is 0.0395. The molecule has 0 unspecified atom stereocenters. The van der Waals surface area contributed by atoms with Gasteiger partial charge < -0.3 is 24.2 Å². The van der Waals surface area contributed by atoms with E-state index in [-0.39, 0.29) is 11.3 Å². The predicted molar refractivity (Wildman–Crippen MR) is 154 cm³/mol. The molecule has 0 bridgehead atoms. The van der Waals surface area contributed by atoms with E-state index in [1.54, 1.807) is 23.1 Å². The molecular weight excluding hydrogens is 518 g/mol. The summed E-state index contributed by atoms with van der Waals surface area (Å²) in [5.41, 5.74) is 3.21. The number of aliphatic hydroxyl groups excluding tert-OH is 1. The molecule has 206 valence electrons. The zero-order valence-corrected chi connectivity index (χ0v) is 22.4. The fourth-order valence-electron chi connectivity index (χ4n) is 5.18. The van der Waals surface area contributed by atoms with E-state index in [1.165, 1.54) is 0 Å². The summed E-state index contributed by atoms with van der Waals surface area (Å²) in [4.78, 5) is 28.4. The highest BCUT2D eigenvalue weighted by atomic mass is 16.6. The van der Waals surface area contributed by atoms with Crippen LogP contribution >= 0.6 is 0 Å². The lowest BCUT2D eigenvalue weighted by molar-refractivity contribution is -0.139. The van der Waals surface area contributed by atoms with Gasteiger partial charge >= 0.3 is 0 Å². The quantitative estimate of drug-likeness (QED) is 0.173. The van der Waals surface area contributed by atoms with Crippen LogP contribution in [0.15, 0.2) is 109 Å². The molecule has 1 atom stereocenters. The van der Waals surface area contributed by atoms with Gasteiger partial charge in [0.15, 0.2) is 11.5 Å². The second-order valence-corrected chi connectivity index (χ2v) is 9.93. The standard InChI is InChI=1S/C34H29NO6/c36-32(26-13-16-28-29(21-26)40-20-19-39-28)30-31(35(34(38)33(30)37)18-17-23-7-3-1-4-8-23)25-11-14-27(15-12-25)41-22-24-9-5-2-6-10-24/h1-16,21,31,36H,17-20,22H2/b32-30+/t31-/m0/s1. The Bertz CT molecular complexity index is 1580. The van der Waals surface area contributed by atoms with Gasteiger partial charge in [-0.05, 0) is 53.4 Å². The van der Waals surface area contributed by atoms with E-state index < -0.39 is 17.7 Å². The van der Waals surface area contributed by atoms with Crippen molar-refractivity contribution < 1.29 is 28.9 Å². The fraction of sp³-hybridized carbons (Fsp3) is 0.176. The number of benzene rings is 4. The van der Waals surface area contributed by atoms with Gasteiger partial charge in [-0.25, -0.2) is 0 Å². The number of nitrogens with zero attached hydrogens (tertiary/aromatic N) is 1. The number of ketones is 1. The van der Waals surface area contributed by atoms with Crippen LogP contribution in [0, 0.1) is 0 Å². The molecule has 0 aromatic heterocycles. The number of rotatable bonds is 8. The molecule has 41 heavy (non-hydrogen) atoms. The number of likely N-dealkylation sites (tertiary alicyclic amines) is 1. The van der Waals surface area contributed by atoms with Gasteiger partial charge in [0.1, 0.15) is 31.3 Å². The maximum absolute atomic E-state index is 13.5. The molecule has 2 heterocycles. The van der Waals surface area contributed by atoms with Crippen LogP contribution in [0.5, 0.6) is 17.2 Å². The molecule has 6 rings (SSSR count). The number of ether oxygens (including phenoxy) is 3. The molecule has 4 aromatic carbocycles. The van der Waals surface area contributed by atoms with Crippen LogP contribution in [-0.4, -0.2) is 41.5 Å². The molecule has 7 heteroatoms. The van der Waals surface area contributed by atoms with E-state index in [1.807, 2.05) is 84.9 Å². The Kier molecular flexibility index (Phi) is 7.41. The average Bonchev–Trinajstić information content (AvgIpc) is 3.28. The molecule has 1 fully saturated rings. The number of fused-ring (bicyclic) bond motifs is 1. The first-order chi connectivity index (χ1) is 20.1. The number of hydrogen-bond donors (Lipinski definition) is 1. The molecule has 0 saturated carbocycles. The van der Waals surface area contributed by atoms with Crippen molar-refractivity contribution in [1.29, 1.82) is 0 Å². The molecule has 0 radical (unpaired) electrons. The number of hydrogen-bond acceptors (Lipinski definition) is 6. The minimum Gasteiger partial charge on any atom is -0.507 e. The Morgan fingerprint density at radius 2 is 1.46 bits per heavy atom. The van der Waals surface area contributed by atoms with Gasteiger partial charge in [-0.2, -0.15) is 0 Å². The zero-order valence-electron chi connectivity index (χ0n) is 22.4. The van der Waals surface area contributed by atoms with Gasteiger partial charge in [-0.1, -0.05) is 72.8 Å². The summed E-state index contributed by atoms with van der Waals surface area (Å²) in [6, 6.07) is 31.2. The van der Waals surface area contributed by atoms with Crippen molar-refractivity contribution >= 4 is 17.4 Å². The first kappa shape index (κ1) is 26.2. The van der Waals surface area contributed by atoms with Gasteiger partial charge in [0.2, 0.25) is 0 Å². The molecule has 0 spiro atoms. The Balaban J connectivity index is 1.34. The van der Waals surface area contributed by atoms with E-state index in [4.69, 9.17) is 14.2 Å². The van der Waals surface area contributed by atoms with Crippen LogP contribution in [0.3, 0.4) is 0 Å². The van der Waals surface area contributed by atoms with Crippen LogP contribution in [0.1, 0.15) is 28.3 Å². The number of amides is 1. The summed E-state index contributed by atoms with van der Waals surface area (Å²) < 4.78 is 17.2. The van der Waals surface area contributed by atoms with Gasteiger partial charge in [-0.15, -0.1) is 0 Å². The largest absolute Gasteiger partial charge is 0.507 e. The summed E-state index contributed by atoms with van der Waals surface area (Å²) in [5, 5.41) is 11.5. The molecular formula is C34H29NO6. The van der Waals surface area contributed by atoms with Crippen molar-refractivity contribution in [3.8, 4) is 17.2 Å². The Labute approximate surface area is 238 Å². The van der Waals surface area contributed by atoms with Crippen molar-refractivity contribution in [3.63, 3.8) is 0 Å². The predicted octanol–water partition coefficient (Wildman–Crippen LogP) is 5.70. The van der Waals surface area contributed by atoms with Crippen molar-refractivity contribution in [1.82, 2.24) is 4.90 Å².